The second-order valence-electron chi connectivity index (χ2n) is 37.1. The van der Waals surface area contributed by atoms with E-state index in [0.29, 0.717) is 5.82 Å². The van der Waals surface area contributed by atoms with Crippen molar-refractivity contribution in [1.29, 1.82) is 0 Å². The Hall–Kier alpha value is -19.7. The van der Waals surface area contributed by atoms with Crippen molar-refractivity contribution < 1.29 is 0 Å². The highest BCUT2D eigenvalue weighted by molar-refractivity contribution is 6.19. The van der Waals surface area contributed by atoms with Gasteiger partial charge in [0.25, 0.3) is 0 Å². The van der Waals surface area contributed by atoms with Crippen molar-refractivity contribution in [3.05, 3.63) is 522 Å². The molecule has 0 radical (unpaired) electrons. The third-order valence-electron chi connectivity index (χ3n) is 28.8. The number of fused-ring (bicyclic) bond motifs is 18. The molecule has 11 heterocycles. The van der Waals surface area contributed by atoms with Crippen LogP contribution in [-0.4, -0.2) is 56.9 Å². The number of benzene rings is 19. The third kappa shape index (κ3) is 14.4. The van der Waals surface area contributed by atoms with Gasteiger partial charge in [-0.3, -0.25) is 4.98 Å². The first-order valence-corrected chi connectivity index (χ1v) is 49.1. The number of para-hydroxylation sites is 9. The minimum absolute atomic E-state index is 0.703. The largest absolute Gasteiger partial charge is 0.316 e. The summed E-state index contributed by atoms with van der Waals surface area (Å²) < 4.78 is 16.3. The van der Waals surface area contributed by atoms with Gasteiger partial charge in [-0.2, -0.15) is 0 Å². The summed E-state index contributed by atoms with van der Waals surface area (Å²) in [5, 5.41) is 17.7. The number of aromatic nitrogens is 12. The van der Waals surface area contributed by atoms with E-state index >= 15 is 0 Å². The summed E-state index contributed by atoms with van der Waals surface area (Å²) in [7, 11) is 0. The molecule has 0 bridgehead atoms. The highest BCUT2D eigenvalue weighted by atomic mass is 15.0. The van der Waals surface area contributed by atoms with Crippen LogP contribution in [-0.2, 0) is 0 Å². The monoisotopic (exact) mass is 1850 g/mol. The van der Waals surface area contributed by atoms with Crippen molar-refractivity contribution in [2.24, 2.45) is 0 Å². The molecule has 145 heavy (non-hydrogen) atoms. The standard InChI is InChI=1S/C52H33N5.C41H27N3.C40H26N4/c1-4-14-37(15-5-1)55-29-28-34-30-44-43-32-36(25-27-48(43)57(50(44)33-49(34)55)39-18-8-3-9-19-39)52-53-45-22-12-10-21-41(45)51(54-52)35-24-26-47-42(31-35)40-20-11-13-23-46(40)56(47)38-16-6-2-7-17-38;1-4-12-28(13-5-1)41-34-19-11-10-14-29(34)26-37(42-41)30-20-21-38-35(24-30)36-25-31-22-23-43(32-15-6-2-7-16-32)39(31)27-40(36)44(38)33-17-8-3-9-18-33;1-4-10-27(11-5-1)32-24-37(42-36-18-20-41-26-35(32)36)28-16-17-38-33(22-28)34-23-29-19-21-43(30-12-6-2-7-13-30)39(29)25-40(34)44(38)31-14-8-3-9-15-31/h1-33H;1-27H;1-26H. The second kappa shape index (κ2) is 34.7. The lowest BCUT2D eigenvalue weighted by Gasteiger charge is -2.11. The summed E-state index contributed by atoms with van der Waals surface area (Å²) >= 11 is 0. The number of hydrogen-bond donors (Lipinski definition) is 0. The van der Waals surface area contributed by atoms with Gasteiger partial charge in [-0.15, -0.1) is 0 Å². The first-order valence-electron chi connectivity index (χ1n) is 49.1. The van der Waals surface area contributed by atoms with E-state index in [4.69, 9.17) is 19.9 Å². The Bertz CT molecular complexity index is 9950. The van der Waals surface area contributed by atoms with Crippen LogP contribution in [0.15, 0.2) is 522 Å². The minimum Gasteiger partial charge on any atom is -0.316 e. The Morgan fingerprint density at radius 3 is 0.979 bits per heavy atom. The highest BCUT2D eigenvalue weighted by Crippen LogP contribution is 2.46. The van der Waals surface area contributed by atoms with E-state index in [1.165, 1.54) is 109 Å². The Kier molecular flexibility index (Phi) is 20.0. The predicted molar refractivity (Wildman–Crippen MR) is 601 cm³/mol. The maximum Gasteiger partial charge on any atom is 0.160 e. The third-order valence-corrected chi connectivity index (χ3v) is 28.8. The van der Waals surface area contributed by atoms with Crippen LogP contribution in [0, 0.1) is 0 Å². The van der Waals surface area contributed by atoms with E-state index in [1.807, 2.05) is 24.5 Å². The van der Waals surface area contributed by atoms with E-state index in [2.05, 4.69) is 535 Å². The van der Waals surface area contributed by atoms with Crippen LogP contribution < -0.4 is 0 Å². The molecule has 0 amide bonds. The fourth-order valence-corrected chi connectivity index (χ4v) is 22.0. The number of pyridine rings is 3. The van der Waals surface area contributed by atoms with E-state index in [1.54, 1.807) is 0 Å². The molecule has 30 aromatic rings. The average Bonchev–Trinajstić information content (AvgIpc) is 1.59. The second-order valence-corrected chi connectivity index (χ2v) is 37.1. The molecule has 11 aromatic heterocycles. The first kappa shape index (κ1) is 83.5. The minimum atomic E-state index is 0.703. The zero-order valence-electron chi connectivity index (χ0n) is 78.5. The smallest absolute Gasteiger partial charge is 0.160 e. The molecular formula is C133H86N12. The van der Waals surface area contributed by atoms with Crippen LogP contribution in [0.5, 0.6) is 0 Å². The Morgan fingerprint density at radius 1 is 0.166 bits per heavy atom. The normalized spacial score (nSPS) is 11.7. The molecule has 0 aliphatic carbocycles. The molecule has 12 nitrogen and oxygen atoms in total. The van der Waals surface area contributed by atoms with Crippen LogP contribution in [0.1, 0.15) is 0 Å². The van der Waals surface area contributed by atoms with Gasteiger partial charge in [0.05, 0.1) is 94.5 Å². The molecule has 19 aromatic carbocycles. The molecule has 0 unspecified atom stereocenters. The molecule has 0 aliphatic rings. The SMILES string of the molecule is c1ccc(-c2cc(-c3ccc4c(c3)c3cc5ccn(-c6ccccc6)c5cc3n4-c3ccccc3)nc3ccncc23)cc1.c1ccc(-c2nc(-c3ccc4c(c3)c3cc5ccn(-c6ccccc6)c5cc3n4-c3ccccc3)cc3ccccc23)cc1.c1ccc(-n2ccc3cc4c5cc(-c6nc(-c7ccc8c(c7)c7ccccc7n8-c7ccccc7)c7ccccc7n6)ccc5n(-c5ccccc5)c4cc32)cc1. The van der Waals surface area contributed by atoms with Gasteiger partial charge < -0.3 is 32.0 Å². The van der Waals surface area contributed by atoms with Crippen LogP contribution in [0.2, 0.25) is 0 Å². The summed E-state index contributed by atoms with van der Waals surface area (Å²) in [5.74, 6) is 0.703. The molecule has 678 valence electrons. The molecule has 0 saturated carbocycles. The summed E-state index contributed by atoms with van der Waals surface area (Å²) in [6.07, 6.45) is 10.2. The van der Waals surface area contributed by atoms with Crippen LogP contribution in [0.25, 0.3) is 260 Å². The lowest BCUT2D eigenvalue weighted by atomic mass is 9.98. The van der Waals surface area contributed by atoms with Crippen molar-refractivity contribution >= 4 is 153 Å². The molecule has 30 rings (SSSR count). The molecule has 0 fully saturated rings. The Labute approximate surface area is 833 Å². The van der Waals surface area contributed by atoms with Crippen LogP contribution in [0.3, 0.4) is 0 Å². The average molecular weight is 1850 g/mol. The number of rotatable bonds is 13. The molecule has 0 spiro atoms. The fourth-order valence-electron chi connectivity index (χ4n) is 22.0. The van der Waals surface area contributed by atoms with E-state index in [9.17, 15) is 0 Å². The van der Waals surface area contributed by atoms with Gasteiger partial charge >= 0.3 is 0 Å². The van der Waals surface area contributed by atoms with Gasteiger partial charge in [0, 0.05) is 174 Å². The van der Waals surface area contributed by atoms with Crippen molar-refractivity contribution in [3.8, 4) is 107 Å². The van der Waals surface area contributed by atoms with Gasteiger partial charge in [-0.1, -0.05) is 267 Å². The molecule has 0 N–H and O–H groups in total. The molecule has 0 aliphatic heterocycles. The van der Waals surface area contributed by atoms with Gasteiger partial charge in [-0.25, -0.2) is 19.9 Å². The van der Waals surface area contributed by atoms with Crippen molar-refractivity contribution in [3.63, 3.8) is 0 Å². The maximum absolute atomic E-state index is 5.40. The van der Waals surface area contributed by atoms with Gasteiger partial charge in [0.15, 0.2) is 5.82 Å². The van der Waals surface area contributed by atoms with Gasteiger partial charge in [0.1, 0.15) is 0 Å². The van der Waals surface area contributed by atoms with E-state index in [-0.39, 0.29) is 0 Å². The first-order chi connectivity index (χ1) is 71.9. The Morgan fingerprint density at radius 2 is 0.503 bits per heavy atom. The van der Waals surface area contributed by atoms with Crippen molar-refractivity contribution in [2.45, 2.75) is 0 Å². The molecule has 12 heteroatoms. The molecule has 0 saturated heterocycles. The number of hydrogen-bond acceptors (Lipinski definition) is 5. The molecule has 0 atom stereocenters. The lowest BCUT2D eigenvalue weighted by Crippen LogP contribution is -1.96. The zero-order chi connectivity index (χ0) is 95.5. The number of nitrogens with zero attached hydrogens (tertiary/aromatic N) is 12. The van der Waals surface area contributed by atoms with Crippen LogP contribution >= 0.6 is 0 Å². The fraction of sp³-hybridized carbons (Fsp3) is 0. The van der Waals surface area contributed by atoms with Gasteiger partial charge in [0.2, 0.25) is 0 Å². The summed E-state index contributed by atoms with van der Waals surface area (Å²) in [6.45, 7) is 0. The van der Waals surface area contributed by atoms with Crippen molar-refractivity contribution in [1.82, 2.24) is 56.9 Å². The lowest BCUT2D eigenvalue weighted by molar-refractivity contribution is 1.12. The van der Waals surface area contributed by atoms with Gasteiger partial charge in [-0.05, 0) is 241 Å². The van der Waals surface area contributed by atoms with E-state index in [0.717, 1.165) is 145 Å². The van der Waals surface area contributed by atoms with Crippen LogP contribution in [0.4, 0.5) is 0 Å². The Balaban J connectivity index is 0.000000107. The summed E-state index contributed by atoms with van der Waals surface area (Å²) in [4.78, 5) is 25.4. The van der Waals surface area contributed by atoms with E-state index < -0.39 is 0 Å². The summed E-state index contributed by atoms with van der Waals surface area (Å²) in [5.41, 5.74) is 34.2. The zero-order valence-corrected chi connectivity index (χ0v) is 78.5. The summed E-state index contributed by atoms with van der Waals surface area (Å²) in [6, 6.07) is 175. The predicted octanol–water partition coefficient (Wildman–Crippen LogP) is 33.7. The highest BCUT2D eigenvalue weighted by Gasteiger charge is 2.25. The topological polar surface area (TPSA) is 99.0 Å². The van der Waals surface area contributed by atoms with Crippen molar-refractivity contribution in [2.75, 3.05) is 0 Å². The molecular weight excluding hydrogens is 1770 g/mol. The maximum atomic E-state index is 5.40. The quantitative estimate of drug-likeness (QED) is 0.115.